The highest BCUT2D eigenvalue weighted by Crippen LogP contribution is 2.66. The van der Waals surface area contributed by atoms with Gasteiger partial charge in [0, 0.05) is 5.41 Å². The molecule has 0 aliphatic heterocycles. The Labute approximate surface area is 120 Å². The third-order valence-corrected chi connectivity index (χ3v) is 6.00. The van der Waals surface area contributed by atoms with Gasteiger partial charge in [0.1, 0.15) is 23.4 Å². The van der Waals surface area contributed by atoms with E-state index in [9.17, 15) is 0 Å². The molecule has 3 unspecified atom stereocenters. The van der Waals surface area contributed by atoms with Crippen LogP contribution in [0.3, 0.4) is 0 Å². The minimum Gasteiger partial charge on any atom is -0.488 e. The molecule has 0 saturated heterocycles. The molecule has 3 atom stereocenters. The summed E-state index contributed by atoms with van der Waals surface area (Å²) >= 11 is 0. The lowest BCUT2D eigenvalue weighted by atomic mass is 9.70. The van der Waals surface area contributed by atoms with Crippen molar-refractivity contribution >= 4 is 5.84 Å². The Balaban J connectivity index is 1.78. The lowest BCUT2D eigenvalue weighted by Crippen LogP contribution is -2.38. The SMILES string of the molecule is CC1(C)C2CCC1(C)C(Oc1ccc(C(=N)N)nc1)C2. The minimum absolute atomic E-state index is 0.00966. The Kier molecular flexibility index (Phi) is 2.82. The third-order valence-electron chi connectivity index (χ3n) is 6.00. The summed E-state index contributed by atoms with van der Waals surface area (Å²) in [4.78, 5) is 4.17. The molecule has 20 heavy (non-hydrogen) atoms. The van der Waals surface area contributed by atoms with Crippen LogP contribution in [-0.4, -0.2) is 16.9 Å². The summed E-state index contributed by atoms with van der Waals surface area (Å²) in [5, 5.41) is 7.35. The first-order valence-electron chi connectivity index (χ1n) is 7.32. The molecule has 2 fully saturated rings. The Morgan fingerprint density at radius 2 is 2.15 bits per heavy atom. The smallest absolute Gasteiger partial charge is 0.141 e. The van der Waals surface area contributed by atoms with Gasteiger partial charge in [0.2, 0.25) is 0 Å². The zero-order valence-corrected chi connectivity index (χ0v) is 12.4. The summed E-state index contributed by atoms with van der Waals surface area (Å²) in [6.07, 6.45) is 5.65. The van der Waals surface area contributed by atoms with Gasteiger partial charge in [-0.3, -0.25) is 5.41 Å². The van der Waals surface area contributed by atoms with Crippen LogP contribution in [0.2, 0.25) is 0 Å². The van der Waals surface area contributed by atoms with Crippen LogP contribution in [0.25, 0.3) is 0 Å². The van der Waals surface area contributed by atoms with Gasteiger partial charge in [0.15, 0.2) is 0 Å². The monoisotopic (exact) mass is 273 g/mol. The molecule has 1 heterocycles. The molecule has 0 spiro atoms. The average molecular weight is 273 g/mol. The summed E-state index contributed by atoms with van der Waals surface area (Å²) in [5.41, 5.74) is 6.51. The number of amidine groups is 1. The van der Waals surface area contributed by atoms with E-state index in [1.54, 1.807) is 12.3 Å². The third kappa shape index (κ3) is 1.74. The van der Waals surface area contributed by atoms with Crippen molar-refractivity contribution in [2.24, 2.45) is 22.5 Å². The fraction of sp³-hybridized carbons (Fsp3) is 0.625. The standard InChI is InChI=1S/C16H23N3O/c1-15(2)10-6-7-16(15,3)13(8-10)20-11-4-5-12(14(17)18)19-9-11/h4-5,9-10,13H,6-8H2,1-3H3,(H3,17,18). The lowest BCUT2D eigenvalue weighted by molar-refractivity contribution is 0.0299. The Morgan fingerprint density at radius 1 is 1.40 bits per heavy atom. The number of ether oxygens (including phenoxy) is 1. The zero-order chi connectivity index (χ0) is 14.5. The largest absolute Gasteiger partial charge is 0.488 e. The van der Waals surface area contributed by atoms with Crippen LogP contribution in [0.5, 0.6) is 5.75 Å². The van der Waals surface area contributed by atoms with E-state index in [0.29, 0.717) is 11.1 Å². The van der Waals surface area contributed by atoms with Gasteiger partial charge in [-0.2, -0.15) is 0 Å². The summed E-state index contributed by atoms with van der Waals surface area (Å²) in [6, 6.07) is 3.62. The number of hydrogen-bond acceptors (Lipinski definition) is 3. The van der Waals surface area contributed by atoms with E-state index in [0.717, 1.165) is 18.1 Å². The van der Waals surface area contributed by atoms with Crippen molar-refractivity contribution in [3.63, 3.8) is 0 Å². The molecular formula is C16H23N3O. The Morgan fingerprint density at radius 3 is 2.60 bits per heavy atom. The summed E-state index contributed by atoms with van der Waals surface area (Å²) in [6.45, 7) is 7.12. The van der Waals surface area contributed by atoms with Gasteiger partial charge in [0.05, 0.1) is 6.20 Å². The molecule has 1 aromatic rings. The van der Waals surface area contributed by atoms with Gasteiger partial charge in [0.25, 0.3) is 0 Å². The number of hydrogen-bond donors (Lipinski definition) is 2. The van der Waals surface area contributed by atoms with Crippen LogP contribution < -0.4 is 10.5 Å². The molecule has 0 aromatic carbocycles. The van der Waals surface area contributed by atoms with Crippen LogP contribution in [0.15, 0.2) is 18.3 Å². The molecule has 3 rings (SSSR count). The van der Waals surface area contributed by atoms with Crippen molar-refractivity contribution in [3.05, 3.63) is 24.0 Å². The van der Waals surface area contributed by atoms with E-state index >= 15 is 0 Å². The molecule has 3 N–H and O–H groups in total. The highest BCUT2D eigenvalue weighted by atomic mass is 16.5. The van der Waals surface area contributed by atoms with Crippen molar-refractivity contribution in [3.8, 4) is 5.75 Å². The predicted octanol–water partition coefficient (Wildman–Crippen LogP) is 2.96. The number of nitrogens with zero attached hydrogens (tertiary/aromatic N) is 1. The highest BCUT2D eigenvalue weighted by Gasteiger charge is 2.62. The topological polar surface area (TPSA) is 72.0 Å². The second-order valence-electron chi connectivity index (χ2n) is 7.01. The van der Waals surface area contributed by atoms with E-state index < -0.39 is 0 Å². The summed E-state index contributed by atoms with van der Waals surface area (Å²) in [5.74, 6) is 1.54. The van der Waals surface area contributed by atoms with E-state index in [2.05, 4.69) is 25.8 Å². The molecule has 4 nitrogen and oxygen atoms in total. The Hall–Kier alpha value is -1.58. The van der Waals surface area contributed by atoms with Gasteiger partial charge < -0.3 is 10.5 Å². The molecule has 2 aliphatic carbocycles. The molecule has 108 valence electrons. The van der Waals surface area contributed by atoms with Gasteiger partial charge in [-0.25, -0.2) is 4.98 Å². The lowest BCUT2D eigenvalue weighted by Gasteiger charge is -2.38. The normalized spacial score (nSPS) is 34.1. The fourth-order valence-corrected chi connectivity index (χ4v) is 4.08. The quantitative estimate of drug-likeness (QED) is 0.657. The zero-order valence-electron chi connectivity index (χ0n) is 12.4. The molecular weight excluding hydrogens is 250 g/mol. The van der Waals surface area contributed by atoms with Gasteiger partial charge in [-0.15, -0.1) is 0 Å². The summed E-state index contributed by atoms with van der Waals surface area (Å²) < 4.78 is 6.21. The maximum atomic E-state index is 7.35. The number of pyridine rings is 1. The number of aromatic nitrogens is 1. The first kappa shape index (κ1) is 13.4. The molecule has 2 bridgehead atoms. The van der Waals surface area contributed by atoms with Crippen LogP contribution >= 0.6 is 0 Å². The summed E-state index contributed by atoms with van der Waals surface area (Å²) in [7, 11) is 0. The average Bonchev–Trinajstić information content (AvgIpc) is 2.72. The van der Waals surface area contributed by atoms with Crippen LogP contribution in [0.1, 0.15) is 45.7 Å². The fourth-order valence-electron chi connectivity index (χ4n) is 4.08. The van der Waals surface area contributed by atoms with Crippen molar-refractivity contribution in [1.29, 1.82) is 5.41 Å². The molecule has 2 saturated carbocycles. The molecule has 0 radical (unpaired) electrons. The van der Waals surface area contributed by atoms with Crippen molar-refractivity contribution in [2.45, 2.75) is 46.1 Å². The van der Waals surface area contributed by atoms with Crippen LogP contribution in [0, 0.1) is 22.2 Å². The van der Waals surface area contributed by atoms with Crippen LogP contribution in [0.4, 0.5) is 0 Å². The second kappa shape index (κ2) is 4.21. The van der Waals surface area contributed by atoms with Crippen molar-refractivity contribution in [1.82, 2.24) is 4.98 Å². The van der Waals surface area contributed by atoms with Gasteiger partial charge >= 0.3 is 0 Å². The molecule has 2 aliphatic rings. The second-order valence-corrected chi connectivity index (χ2v) is 7.01. The maximum absolute atomic E-state index is 7.35. The number of nitrogens with one attached hydrogen (secondary N) is 1. The van der Waals surface area contributed by atoms with Gasteiger partial charge in [-0.05, 0) is 42.7 Å². The predicted molar refractivity (Wildman–Crippen MR) is 78.9 cm³/mol. The molecule has 4 heteroatoms. The van der Waals surface area contributed by atoms with Crippen LogP contribution in [-0.2, 0) is 0 Å². The van der Waals surface area contributed by atoms with E-state index in [1.165, 1.54) is 12.8 Å². The first-order chi connectivity index (χ1) is 9.34. The van der Waals surface area contributed by atoms with E-state index in [1.807, 2.05) is 6.07 Å². The highest BCUT2D eigenvalue weighted by molar-refractivity contribution is 5.92. The number of nitrogen functional groups attached to an aromatic ring is 1. The van der Waals surface area contributed by atoms with Gasteiger partial charge in [-0.1, -0.05) is 20.8 Å². The Bertz CT molecular complexity index is 537. The van der Waals surface area contributed by atoms with Crippen molar-refractivity contribution in [2.75, 3.05) is 0 Å². The minimum atomic E-state index is -0.00966. The van der Waals surface area contributed by atoms with E-state index in [4.69, 9.17) is 15.9 Å². The number of fused-ring (bicyclic) bond motifs is 2. The number of nitrogens with two attached hydrogens (primary N) is 1. The molecule has 1 aromatic heterocycles. The van der Waals surface area contributed by atoms with E-state index in [-0.39, 0.29) is 17.4 Å². The maximum Gasteiger partial charge on any atom is 0.141 e. The first-order valence-corrected chi connectivity index (χ1v) is 7.32. The number of rotatable bonds is 3. The molecule has 0 amide bonds. The van der Waals surface area contributed by atoms with Crippen molar-refractivity contribution < 1.29 is 4.74 Å².